The van der Waals surface area contributed by atoms with E-state index in [1.165, 1.54) is 26.3 Å². The van der Waals surface area contributed by atoms with Gasteiger partial charge in [0.05, 0.1) is 44.0 Å². The van der Waals surface area contributed by atoms with Gasteiger partial charge in [-0.05, 0) is 16.0 Å². The molecule has 4 aromatic rings. The lowest BCUT2D eigenvalue weighted by molar-refractivity contribution is -0.929. The van der Waals surface area contributed by atoms with Gasteiger partial charge in [-0.2, -0.15) is 9.50 Å². The number of fused-ring (bicyclic) bond motifs is 5. The predicted molar refractivity (Wildman–Crippen MR) is 114 cm³/mol. The molecule has 1 aliphatic heterocycles. The Morgan fingerprint density at radius 2 is 2.10 bits per heavy atom. The number of rotatable bonds is 6. The molecule has 1 unspecified atom stereocenters. The third-order valence-electron chi connectivity index (χ3n) is 5.52. The van der Waals surface area contributed by atoms with Crippen LogP contribution in [0.25, 0.3) is 16.0 Å². The lowest BCUT2D eigenvalue weighted by Crippen LogP contribution is -3.10. The van der Waals surface area contributed by atoms with Crippen molar-refractivity contribution >= 4 is 33.1 Å². The van der Waals surface area contributed by atoms with E-state index in [-0.39, 0.29) is 0 Å². The zero-order valence-corrected chi connectivity index (χ0v) is 17.6. The van der Waals surface area contributed by atoms with Crippen molar-refractivity contribution in [2.24, 2.45) is 0 Å². The standard InChI is InChI=1S/C20H24N8S/c1-26(2)11-9-21-18-17-15-8-10-27(12-14-6-4-3-5-7-14)13-16(15)29-19(17)28-20(22-18)23-24-25-28/h3-7H,8-13H2,1-2H3,(H,21,22,23,25)/p+2. The molecule has 1 aliphatic rings. The zero-order valence-electron chi connectivity index (χ0n) is 16.8. The third kappa shape index (κ3) is 3.57. The van der Waals surface area contributed by atoms with Crippen molar-refractivity contribution < 1.29 is 9.80 Å². The number of nitrogens with one attached hydrogen (secondary N) is 3. The molecule has 0 radical (unpaired) electrons. The first-order valence-corrected chi connectivity index (χ1v) is 10.9. The highest BCUT2D eigenvalue weighted by Gasteiger charge is 2.27. The normalized spacial score (nSPS) is 16.6. The second kappa shape index (κ2) is 7.66. The van der Waals surface area contributed by atoms with E-state index in [2.05, 4.69) is 65.3 Å². The van der Waals surface area contributed by atoms with Crippen molar-refractivity contribution in [2.75, 3.05) is 39.0 Å². The van der Waals surface area contributed by atoms with Gasteiger partial charge in [-0.1, -0.05) is 35.4 Å². The minimum absolute atomic E-state index is 0.560. The van der Waals surface area contributed by atoms with Gasteiger partial charge in [0.15, 0.2) is 0 Å². The molecule has 0 saturated heterocycles. The Balaban J connectivity index is 1.49. The number of anilines is 1. The number of hydrogen-bond donors (Lipinski definition) is 3. The van der Waals surface area contributed by atoms with Gasteiger partial charge >= 0.3 is 0 Å². The van der Waals surface area contributed by atoms with Crippen LogP contribution in [0.3, 0.4) is 0 Å². The Morgan fingerprint density at radius 3 is 2.93 bits per heavy atom. The Labute approximate surface area is 173 Å². The average molecular weight is 411 g/mol. The van der Waals surface area contributed by atoms with Crippen LogP contribution in [0.5, 0.6) is 0 Å². The van der Waals surface area contributed by atoms with E-state index < -0.39 is 0 Å². The fraction of sp³-hybridized carbons (Fsp3) is 0.400. The maximum absolute atomic E-state index is 4.73. The quantitative estimate of drug-likeness (QED) is 0.397. The number of nitrogens with zero attached hydrogens (tertiary/aromatic N) is 5. The highest BCUT2D eigenvalue weighted by Crippen LogP contribution is 2.36. The van der Waals surface area contributed by atoms with E-state index in [1.54, 1.807) is 9.42 Å². The highest BCUT2D eigenvalue weighted by atomic mass is 32.1. The summed E-state index contributed by atoms with van der Waals surface area (Å²) < 4.78 is 1.79. The SMILES string of the molecule is C[NH+](C)CCNc1nc2nnnn2c2sc3c(c12)CC[NH+](Cc1ccccc1)C3. The fourth-order valence-corrected chi connectivity index (χ4v) is 5.41. The number of thiophene rings is 1. The van der Waals surface area contributed by atoms with Crippen LogP contribution in [0.1, 0.15) is 16.0 Å². The molecule has 8 nitrogen and oxygen atoms in total. The van der Waals surface area contributed by atoms with Crippen LogP contribution in [0, 0.1) is 0 Å². The Hall–Kier alpha value is -2.62. The minimum atomic E-state index is 0.560. The average Bonchev–Trinajstić information content (AvgIpc) is 3.32. The smallest absolute Gasteiger partial charge is 0.276 e. The topological polar surface area (TPSA) is 76.9 Å². The lowest BCUT2D eigenvalue weighted by atomic mass is 10.0. The summed E-state index contributed by atoms with van der Waals surface area (Å²) in [6, 6.07) is 10.8. The van der Waals surface area contributed by atoms with Crippen LogP contribution in [0.2, 0.25) is 0 Å². The van der Waals surface area contributed by atoms with Gasteiger partial charge in [0.25, 0.3) is 5.78 Å². The van der Waals surface area contributed by atoms with E-state index in [1.807, 2.05) is 11.3 Å². The van der Waals surface area contributed by atoms with E-state index in [9.17, 15) is 0 Å². The largest absolute Gasteiger partial charge is 0.364 e. The summed E-state index contributed by atoms with van der Waals surface area (Å²) in [4.78, 5) is 10.3. The van der Waals surface area contributed by atoms with Gasteiger partial charge in [-0.25, -0.2) is 0 Å². The molecular formula is C20H26N8S+2. The maximum Gasteiger partial charge on any atom is 0.276 e. The summed E-state index contributed by atoms with van der Waals surface area (Å²) in [5, 5.41) is 16.9. The molecular weight excluding hydrogens is 384 g/mol. The molecule has 9 heteroatoms. The van der Waals surface area contributed by atoms with Crippen molar-refractivity contribution in [1.82, 2.24) is 25.0 Å². The van der Waals surface area contributed by atoms with Crippen LogP contribution >= 0.6 is 11.3 Å². The minimum Gasteiger partial charge on any atom is -0.364 e. The van der Waals surface area contributed by atoms with E-state index >= 15 is 0 Å². The van der Waals surface area contributed by atoms with Crippen LogP contribution < -0.4 is 15.1 Å². The maximum atomic E-state index is 4.73. The number of hydrogen-bond acceptors (Lipinski definition) is 6. The molecule has 150 valence electrons. The Kier molecular flexibility index (Phi) is 4.86. The number of tetrazole rings is 1. The monoisotopic (exact) mass is 410 g/mol. The molecule has 1 atom stereocenters. The molecule has 0 aliphatic carbocycles. The first-order chi connectivity index (χ1) is 14.2. The van der Waals surface area contributed by atoms with Gasteiger partial charge in [-0.3, -0.25) is 0 Å². The fourth-order valence-electron chi connectivity index (χ4n) is 4.05. The van der Waals surface area contributed by atoms with E-state index in [0.29, 0.717) is 5.78 Å². The van der Waals surface area contributed by atoms with Crippen LogP contribution in [-0.2, 0) is 19.5 Å². The molecule has 0 bridgehead atoms. The molecule has 0 fully saturated rings. The van der Waals surface area contributed by atoms with Crippen molar-refractivity contribution in [2.45, 2.75) is 19.5 Å². The summed E-state index contributed by atoms with van der Waals surface area (Å²) >= 11 is 1.82. The lowest BCUT2D eigenvalue weighted by Gasteiger charge is -2.24. The van der Waals surface area contributed by atoms with Crippen LogP contribution in [-0.4, -0.2) is 58.8 Å². The molecule has 1 aromatic carbocycles. The first kappa shape index (κ1) is 18.4. The molecule has 5 rings (SSSR count). The molecule has 4 heterocycles. The summed E-state index contributed by atoms with van der Waals surface area (Å²) in [5.74, 6) is 1.48. The van der Waals surface area contributed by atoms with Gasteiger partial charge < -0.3 is 15.1 Å². The van der Waals surface area contributed by atoms with E-state index in [4.69, 9.17) is 4.98 Å². The van der Waals surface area contributed by atoms with Gasteiger partial charge in [0, 0.05) is 12.0 Å². The van der Waals surface area contributed by atoms with Crippen LogP contribution in [0.4, 0.5) is 5.82 Å². The van der Waals surface area contributed by atoms with Gasteiger partial charge in [-0.15, -0.1) is 11.3 Å². The summed E-state index contributed by atoms with van der Waals surface area (Å²) in [5.41, 5.74) is 2.82. The Bertz CT molecular complexity index is 1130. The molecule has 3 aromatic heterocycles. The molecule has 0 saturated carbocycles. The van der Waals surface area contributed by atoms with Crippen LogP contribution in [0.15, 0.2) is 30.3 Å². The molecule has 3 N–H and O–H groups in total. The molecule has 0 amide bonds. The second-order valence-corrected chi connectivity index (χ2v) is 9.09. The summed E-state index contributed by atoms with van der Waals surface area (Å²) in [7, 11) is 4.32. The zero-order chi connectivity index (χ0) is 19.8. The number of quaternary nitrogens is 2. The van der Waals surface area contributed by atoms with Crippen molar-refractivity contribution in [3.63, 3.8) is 0 Å². The van der Waals surface area contributed by atoms with E-state index in [0.717, 1.165) is 49.8 Å². The van der Waals surface area contributed by atoms with Gasteiger partial charge in [0.2, 0.25) is 0 Å². The van der Waals surface area contributed by atoms with Crippen molar-refractivity contribution in [3.05, 3.63) is 46.3 Å². The highest BCUT2D eigenvalue weighted by molar-refractivity contribution is 7.19. The third-order valence-corrected chi connectivity index (χ3v) is 6.73. The summed E-state index contributed by atoms with van der Waals surface area (Å²) in [6.07, 6.45) is 1.06. The molecule has 0 spiro atoms. The first-order valence-electron chi connectivity index (χ1n) is 10.1. The molecule has 29 heavy (non-hydrogen) atoms. The number of likely N-dealkylation sites (N-methyl/N-ethyl adjacent to an activating group) is 1. The van der Waals surface area contributed by atoms with Crippen molar-refractivity contribution in [3.8, 4) is 0 Å². The summed E-state index contributed by atoms with van der Waals surface area (Å²) in [6.45, 7) is 5.12. The number of aromatic nitrogens is 5. The van der Waals surface area contributed by atoms with Crippen molar-refractivity contribution in [1.29, 1.82) is 0 Å². The van der Waals surface area contributed by atoms with Gasteiger partial charge in [0.1, 0.15) is 23.7 Å². The Morgan fingerprint density at radius 1 is 1.24 bits per heavy atom. The predicted octanol–water partition coefficient (Wildman–Crippen LogP) is -0.568. The number of benzene rings is 1. The second-order valence-electron chi connectivity index (χ2n) is 8.01.